The van der Waals surface area contributed by atoms with Crippen LogP contribution in [0.2, 0.25) is 0 Å². The van der Waals surface area contributed by atoms with Crippen molar-refractivity contribution >= 4 is 5.97 Å². The summed E-state index contributed by atoms with van der Waals surface area (Å²) in [5.74, 6) is -0.172. The van der Waals surface area contributed by atoms with Gasteiger partial charge in [0.05, 0.1) is 11.4 Å². The zero-order valence-corrected chi connectivity index (χ0v) is 9.16. The summed E-state index contributed by atoms with van der Waals surface area (Å²) in [5.41, 5.74) is 1.78. The van der Waals surface area contributed by atoms with Crippen LogP contribution >= 0.6 is 0 Å². The molecule has 4 nitrogen and oxygen atoms in total. The molecule has 0 amide bonds. The molecule has 0 spiro atoms. The lowest BCUT2D eigenvalue weighted by Crippen LogP contribution is -2.19. The first-order valence-electron chi connectivity index (χ1n) is 5.37. The summed E-state index contributed by atoms with van der Waals surface area (Å²) in [6, 6.07) is 0. The average Bonchev–Trinajstić information content (AvgIpc) is 2.34. The Labute approximate surface area is 88.9 Å². The Kier molecular flexibility index (Phi) is 2.50. The van der Waals surface area contributed by atoms with Crippen LogP contribution in [-0.2, 0) is 6.54 Å². The number of aryl methyl sites for hydroxylation is 1. The number of aromatic carboxylic acids is 1. The van der Waals surface area contributed by atoms with Gasteiger partial charge in [-0.25, -0.2) is 4.79 Å². The fraction of sp³-hybridized carbons (Fsp3) is 0.636. The summed E-state index contributed by atoms with van der Waals surface area (Å²) < 4.78 is 1.85. The number of hydrogen-bond donors (Lipinski definition) is 1. The van der Waals surface area contributed by atoms with E-state index in [1.807, 2.05) is 11.6 Å². The van der Waals surface area contributed by atoms with E-state index in [2.05, 4.69) is 5.10 Å². The van der Waals surface area contributed by atoms with Crippen molar-refractivity contribution in [2.75, 3.05) is 0 Å². The number of carboxylic acid groups (broad SMARTS) is 1. The summed E-state index contributed by atoms with van der Waals surface area (Å²) in [5, 5.41) is 13.3. The zero-order valence-electron chi connectivity index (χ0n) is 9.16. The van der Waals surface area contributed by atoms with Crippen molar-refractivity contribution in [2.45, 2.75) is 39.7 Å². The predicted octanol–water partition coefficient (Wildman–Crippen LogP) is 2.00. The van der Waals surface area contributed by atoms with Crippen molar-refractivity contribution < 1.29 is 9.90 Å². The standard InChI is InChI=1S/C11H16N2O2/c1-7-10(11(14)15)8(2)13(12-7)6-9-4-3-5-9/h9H,3-6H2,1-2H3,(H,14,15). The normalized spacial score (nSPS) is 16.4. The van der Waals surface area contributed by atoms with Gasteiger partial charge in [0.2, 0.25) is 0 Å². The maximum atomic E-state index is 11.0. The summed E-state index contributed by atoms with van der Waals surface area (Å²) in [4.78, 5) is 11.0. The lowest BCUT2D eigenvalue weighted by Gasteiger charge is -2.25. The second-order valence-corrected chi connectivity index (χ2v) is 4.33. The fourth-order valence-electron chi connectivity index (χ4n) is 2.10. The van der Waals surface area contributed by atoms with Crippen LogP contribution in [0.3, 0.4) is 0 Å². The van der Waals surface area contributed by atoms with Gasteiger partial charge in [0.1, 0.15) is 5.56 Å². The van der Waals surface area contributed by atoms with E-state index in [1.165, 1.54) is 19.3 Å². The average molecular weight is 208 g/mol. The molecule has 1 aromatic rings. The lowest BCUT2D eigenvalue weighted by atomic mass is 9.85. The largest absolute Gasteiger partial charge is 0.478 e. The summed E-state index contributed by atoms with van der Waals surface area (Å²) in [6.45, 7) is 4.47. The van der Waals surface area contributed by atoms with Crippen molar-refractivity contribution in [3.63, 3.8) is 0 Å². The molecule has 82 valence electrons. The molecule has 1 fully saturated rings. The third-order valence-corrected chi connectivity index (χ3v) is 3.25. The molecule has 15 heavy (non-hydrogen) atoms. The monoisotopic (exact) mass is 208 g/mol. The topological polar surface area (TPSA) is 55.1 Å². The van der Waals surface area contributed by atoms with Crippen molar-refractivity contribution in [1.29, 1.82) is 0 Å². The van der Waals surface area contributed by atoms with E-state index in [1.54, 1.807) is 6.92 Å². The summed E-state index contributed by atoms with van der Waals surface area (Å²) in [7, 11) is 0. The molecular weight excluding hydrogens is 192 g/mol. The molecule has 4 heteroatoms. The van der Waals surface area contributed by atoms with Crippen LogP contribution < -0.4 is 0 Å². The number of rotatable bonds is 3. The molecule has 0 aliphatic heterocycles. The fourth-order valence-corrected chi connectivity index (χ4v) is 2.10. The maximum Gasteiger partial charge on any atom is 0.339 e. The highest BCUT2D eigenvalue weighted by molar-refractivity contribution is 5.90. The van der Waals surface area contributed by atoms with Crippen LogP contribution in [0.1, 0.15) is 41.0 Å². The van der Waals surface area contributed by atoms with Gasteiger partial charge in [0.25, 0.3) is 0 Å². The maximum absolute atomic E-state index is 11.0. The molecule has 0 bridgehead atoms. The number of aromatic nitrogens is 2. The summed E-state index contributed by atoms with van der Waals surface area (Å²) >= 11 is 0. The first-order chi connectivity index (χ1) is 7.09. The Bertz CT molecular complexity index is 392. The minimum atomic E-state index is -0.871. The van der Waals surface area contributed by atoms with E-state index in [4.69, 9.17) is 5.11 Å². The third kappa shape index (κ3) is 1.76. The van der Waals surface area contributed by atoms with Crippen molar-refractivity contribution in [2.24, 2.45) is 5.92 Å². The van der Waals surface area contributed by atoms with E-state index in [0.29, 0.717) is 17.2 Å². The molecule has 1 saturated carbocycles. The smallest absolute Gasteiger partial charge is 0.339 e. The van der Waals surface area contributed by atoms with Crippen molar-refractivity contribution in [3.05, 3.63) is 17.0 Å². The van der Waals surface area contributed by atoms with Gasteiger partial charge < -0.3 is 5.11 Å². The quantitative estimate of drug-likeness (QED) is 0.826. The molecular formula is C11H16N2O2. The second kappa shape index (κ2) is 3.68. The minimum absolute atomic E-state index is 0.370. The van der Waals surface area contributed by atoms with Crippen LogP contribution in [0.5, 0.6) is 0 Å². The van der Waals surface area contributed by atoms with Gasteiger partial charge >= 0.3 is 5.97 Å². The molecule has 1 heterocycles. The Morgan fingerprint density at radius 3 is 2.60 bits per heavy atom. The number of hydrogen-bond acceptors (Lipinski definition) is 2. The van der Waals surface area contributed by atoms with Crippen LogP contribution in [-0.4, -0.2) is 20.9 Å². The molecule has 0 unspecified atom stereocenters. The van der Waals surface area contributed by atoms with Gasteiger partial charge in [-0.1, -0.05) is 6.42 Å². The van der Waals surface area contributed by atoms with Gasteiger partial charge in [-0.3, -0.25) is 4.68 Å². The highest BCUT2D eigenvalue weighted by atomic mass is 16.4. The van der Waals surface area contributed by atoms with Gasteiger partial charge in [-0.05, 0) is 32.6 Å². The van der Waals surface area contributed by atoms with Crippen LogP contribution in [0.4, 0.5) is 0 Å². The first kappa shape index (κ1) is 10.2. The van der Waals surface area contributed by atoms with E-state index in [0.717, 1.165) is 12.2 Å². The van der Waals surface area contributed by atoms with Gasteiger partial charge in [0, 0.05) is 6.54 Å². The Morgan fingerprint density at radius 1 is 1.53 bits per heavy atom. The molecule has 0 saturated heterocycles. The number of carbonyl (C=O) groups is 1. The molecule has 1 aliphatic rings. The lowest BCUT2D eigenvalue weighted by molar-refractivity contribution is 0.0695. The van der Waals surface area contributed by atoms with Crippen molar-refractivity contribution in [3.8, 4) is 0 Å². The zero-order chi connectivity index (χ0) is 11.0. The predicted molar refractivity (Wildman–Crippen MR) is 56.0 cm³/mol. The van der Waals surface area contributed by atoms with Crippen LogP contribution in [0.15, 0.2) is 0 Å². The van der Waals surface area contributed by atoms with Gasteiger partial charge in [-0.2, -0.15) is 5.10 Å². The highest BCUT2D eigenvalue weighted by Gasteiger charge is 2.22. The second-order valence-electron chi connectivity index (χ2n) is 4.33. The molecule has 0 aromatic carbocycles. The molecule has 1 N–H and O–H groups in total. The number of carboxylic acids is 1. The molecule has 1 aromatic heterocycles. The highest BCUT2D eigenvalue weighted by Crippen LogP contribution is 2.28. The summed E-state index contributed by atoms with van der Waals surface area (Å²) in [6.07, 6.45) is 3.80. The van der Waals surface area contributed by atoms with Crippen LogP contribution in [0, 0.1) is 19.8 Å². The van der Waals surface area contributed by atoms with Gasteiger partial charge in [-0.15, -0.1) is 0 Å². The molecule has 1 aliphatic carbocycles. The van der Waals surface area contributed by atoms with Gasteiger partial charge in [0.15, 0.2) is 0 Å². The Balaban J connectivity index is 2.24. The van der Waals surface area contributed by atoms with Crippen molar-refractivity contribution in [1.82, 2.24) is 9.78 Å². The Hall–Kier alpha value is -1.32. The first-order valence-corrected chi connectivity index (χ1v) is 5.37. The SMILES string of the molecule is Cc1nn(CC2CCC2)c(C)c1C(=O)O. The molecule has 0 radical (unpaired) electrons. The molecule has 0 atom stereocenters. The van der Waals surface area contributed by atoms with E-state index < -0.39 is 5.97 Å². The third-order valence-electron chi connectivity index (χ3n) is 3.25. The Morgan fingerprint density at radius 2 is 2.20 bits per heavy atom. The van der Waals surface area contributed by atoms with Crippen LogP contribution in [0.25, 0.3) is 0 Å². The van der Waals surface area contributed by atoms with E-state index in [9.17, 15) is 4.79 Å². The van der Waals surface area contributed by atoms with E-state index >= 15 is 0 Å². The minimum Gasteiger partial charge on any atom is -0.478 e. The molecule has 2 rings (SSSR count). The number of nitrogens with zero attached hydrogens (tertiary/aromatic N) is 2. The van der Waals surface area contributed by atoms with E-state index in [-0.39, 0.29) is 0 Å².